The van der Waals surface area contributed by atoms with Gasteiger partial charge in [0.25, 0.3) is 5.69 Å². The Morgan fingerprint density at radius 3 is 2.54 bits per heavy atom. The monoisotopic (exact) mass is 378 g/mol. The number of carbonyl (C=O) groups is 1. The highest BCUT2D eigenvalue weighted by Gasteiger charge is 2.25. The summed E-state index contributed by atoms with van der Waals surface area (Å²) in [4.78, 5) is 26.8. The van der Waals surface area contributed by atoms with Gasteiger partial charge in [0.15, 0.2) is 5.70 Å². The highest BCUT2D eigenvalue weighted by Crippen LogP contribution is 2.31. The van der Waals surface area contributed by atoms with E-state index in [-0.39, 0.29) is 28.8 Å². The average molecular weight is 378 g/mol. The van der Waals surface area contributed by atoms with Crippen LogP contribution in [0.25, 0.3) is 17.4 Å². The third-order valence-corrected chi connectivity index (χ3v) is 3.98. The maximum absolute atomic E-state index is 13.0. The maximum atomic E-state index is 13.0. The van der Waals surface area contributed by atoms with Gasteiger partial charge in [-0.05, 0) is 42.5 Å². The number of cyclic esters (lactones) is 1. The lowest BCUT2D eigenvalue weighted by atomic mass is 10.1. The molecule has 2 heterocycles. The zero-order valence-electron chi connectivity index (χ0n) is 14.2. The summed E-state index contributed by atoms with van der Waals surface area (Å²) >= 11 is 0. The predicted octanol–water partition coefficient (Wildman–Crippen LogP) is 4.34. The zero-order chi connectivity index (χ0) is 19.7. The van der Waals surface area contributed by atoms with Crippen molar-refractivity contribution in [1.29, 1.82) is 0 Å². The number of benzene rings is 2. The standard InChI is InChI=1S/C20H11FN2O5/c21-13-7-5-12(6-8-13)19-22-16(20(24)28-19)11-14-9-10-18(27-14)15-3-1-2-4-17(15)23(25)26/h1-11H/b16-11+. The van der Waals surface area contributed by atoms with E-state index in [2.05, 4.69) is 4.99 Å². The van der Waals surface area contributed by atoms with Gasteiger partial charge in [-0.1, -0.05) is 12.1 Å². The molecule has 1 aromatic heterocycles. The Labute approximate surface area is 157 Å². The second-order valence-corrected chi connectivity index (χ2v) is 5.82. The Morgan fingerprint density at radius 1 is 1.04 bits per heavy atom. The molecule has 0 spiro atoms. The summed E-state index contributed by atoms with van der Waals surface area (Å²) in [6.07, 6.45) is 1.37. The minimum Gasteiger partial charge on any atom is -0.456 e. The van der Waals surface area contributed by atoms with Gasteiger partial charge >= 0.3 is 5.97 Å². The number of esters is 1. The Hall–Kier alpha value is -4.07. The van der Waals surface area contributed by atoms with E-state index in [1.54, 1.807) is 30.3 Å². The summed E-state index contributed by atoms with van der Waals surface area (Å²) < 4.78 is 23.7. The number of hydrogen-bond acceptors (Lipinski definition) is 6. The molecule has 0 saturated carbocycles. The minimum absolute atomic E-state index is 0.00258. The van der Waals surface area contributed by atoms with Crippen LogP contribution >= 0.6 is 0 Å². The molecule has 8 heteroatoms. The largest absolute Gasteiger partial charge is 0.456 e. The van der Waals surface area contributed by atoms with Crippen LogP contribution in [0.15, 0.2) is 75.8 Å². The molecule has 0 saturated heterocycles. The van der Waals surface area contributed by atoms with E-state index >= 15 is 0 Å². The summed E-state index contributed by atoms with van der Waals surface area (Å²) in [5.74, 6) is -0.468. The number of carbonyl (C=O) groups excluding carboxylic acids is 1. The SMILES string of the molecule is O=C1OC(c2ccc(F)cc2)=N/C1=C/c1ccc(-c2ccccc2[N+](=O)[O-])o1. The van der Waals surface area contributed by atoms with Crippen LogP contribution in [-0.2, 0) is 9.53 Å². The third kappa shape index (κ3) is 3.30. The molecule has 1 aliphatic rings. The molecule has 0 bridgehead atoms. The average Bonchev–Trinajstić information content (AvgIpc) is 3.30. The van der Waals surface area contributed by atoms with Crippen LogP contribution in [0.3, 0.4) is 0 Å². The fourth-order valence-electron chi connectivity index (χ4n) is 2.68. The molecule has 0 amide bonds. The van der Waals surface area contributed by atoms with Crippen molar-refractivity contribution in [1.82, 2.24) is 0 Å². The van der Waals surface area contributed by atoms with Gasteiger partial charge in [-0.3, -0.25) is 10.1 Å². The molecule has 2 aromatic carbocycles. The predicted molar refractivity (Wildman–Crippen MR) is 97.8 cm³/mol. The fourth-order valence-corrected chi connectivity index (χ4v) is 2.68. The fraction of sp³-hybridized carbons (Fsp3) is 0. The third-order valence-electron chi connectivity index (χ3n) is 3.98. The van der Waals surface area contributed by atoms with Gasteiger partial charge < -0.3 is 9.15 Å². The smallest absolute Gasteiger partial charge is 0.363 e. The number of nitro groups is 1. The number of halogens is 1. The van der Waals surface area contributed by atoms with E-state index in [1.165, 1.54) is 36.4 Å². The number of nitro benzene ring substituents is 1. The van der Waals surface area contributed by atoms with E-state index in [9.17, 15) is 19.3 Å². The van der Waals surface area contributed by atoms with E-state index < -0.39 is 16.7 Å². The summed E-state index contributed by atoms with van der Waals surface area (Å²) in [5.41, 5.74) is 0.690. The molecule has 0 N–H and O–H groups in total. The van der Waals surface area contributed by atoms with Crippen molar-refractivity contribution in [3.63, 3.8) is 0 Å². The first-order valence-corrected chi connectivity index (χ1v) is 8.13. The van der Waals surface area contributed by atoms with Gasteiger partial charge in [-0.25, -0.2) is 14.2 Å². The van der Waals surface area contributed by atoms with E-state index in [4.69, 9.17) is 9.15 Å². The highest BCUT2D eigenvalue weighted by atomic mass is 19.1. The van der Waals surface area contributed by atoms with Crippen LogP contribution in [0.1, 0.15) is 11.3 Å². The quantitative estimate of drug-likeness (QED) is 0.291. The lowest BCUT2D eigenvalue weighted by molar-refractivity contribution is -0.384. The second kappa shape index (κ2) is 6.92. The van der Waals surface area contributed by atoms with Crippen molar-refractivity contribution < 1.29 is 23.3 Å². The number of ether oxygens (including phenoxy) is 1. The number of para-hydroxylation sites is 1. The van der Waals surface area contributed by atoms with Crippen molar-refractivity contribution in [2.45, 2.75) is 0 Å². The zero-order valence-corrected chi connectivity index (χ0v) is 14.2. The van der Waals surface area contributed by atoms with Crippen molar-refractivity contribution in [3.8, 4) is 11.3 Å². The van der Waals surface area contributed by atoms with Gasteiger partial charge in [-0.15, -0.1) is 0 Å². The Morgan fingerprint density at radius 2 is 1.79 bits per heavy atom. The lowest BCUT2D eigenvalue weighted by Crippen LogP contribution is -2.05. The second-order valence-electron chi connectivity index (χ2n) is 5.82. The molecule has 7 nitrogen and oxygen atoms in total. The van der Waals surface area contributed by atoms with Crippen LogP contribution in [-0.4, -0.2) is 16.8 Å². The molecule has 4 rings (SSSR count). The first kappa shape index (κ1) is 17.3. The molecular weight excluding hydrogens is 367 g/mol. The van der Waals surface area contributed by atoms with Crippen LogP contribution in [0.4, 0.5) is 10.1 Å². The Bertz CT molecular complexity index is 1150. The number of furan rings is 1. The number of aliphatic imine (C=N–C) groups is 1. The molecule has 138 valence electrons. The summed E-state index contributed by atoms with van der Waals surface area (Å²) in [6.45, 7) is 0. The molecule has 0 fully saturated rings. The normalized spacial score (nSPS) is 14.8. The molecule has 0 radical (unpaired) electrons. The van der Waals surface area contributed by atoms with E-state index in [0.717, 1.165) is 0 Å². The highest BCUT2D eigenvalue weighted by molar-refractivity contribution is 6.12. The molecule has 28 heavy (non-hydrogen) atoms. The van der Waals surface area contributed by atoms with Crippen molar-refractivity contribution >= 4 is 23.6 Å². The maximum Gasteiger partial charge on any atom is 0.363 e. The lowest BCUT2D eigenvalue weighted by Gasteiger charge is -1.98. The van der Waals surface area contributed by atoms with Crippen LogP contribution in [0.2, 0.25) is 0 Å². The van der Waals surface area contributed by atoms with Crippen LogP contribution in [0.5, 0.6) is 0 Å². The van der Waals surface area contributed by atoms with Crippen LogP contribution < -0.4 is 0 Å². The van der Waals surface area contributed by atoms with E-state index in [0.29, 0.717) is 11.1 Å². The molecular formula is C20H11FN2O5. The van der Waals surface area contributed by atoms with E-state index in [1.807, 2.05) is 0 Å². The van der Waals surface area contributed by atoms with Gasteiger partial charge in [0.05, 0.1) is 10.5 Å². The first-order chi connectivity index (χ1) is 13.5. The molecule has 0 unspecified atom stereocenters. The topological polar surface area (TPSA) is 94.9 Å². The summed E-state index contributed by atoms with van der Waals surface area (Å²) in [6, 6.07) is 14.7. The van der Waals surface area contributed by atoms with Gasteiger partial charge in [0.2, 0.25) is 5.90 Å². The Balaban J connectivity index is 1.65. The Kier molecular flexibility index (Phi) is 4.29. The molecule has 0 atom stereocenters. The number of rotatable bonds is 4. The summed E-state index contributed by atoms with van der Waals surface area (Å²) in [5, 5.41) is 11.2. The van der Waals surface area contributed by atoms with Crippen molar-refractivity contribution in [2.24, 2.45) is 4.99 Å². The van der Waals surface area contributed by atoms with Crippen molar-refractivity contribution in [2.75, 3.05) is 0 Å². The van der Waals surface area contributed by atoms with Gasteiger partial charge in [-0.2, -0.15) is 0 Å². The van der Waals surface area contributed by atoms with Crippen molar-refractivity contribution in [3.05, 3.63) is 93.6 Å². The van der Waals surface area contributed by atoms with Crippen LogP contribution in [0, 0.1) is 15.9 Å². The first-order valence-electron chi connectivity index (χ1n) is 8.13. The minimum atomic E-state index is -0.678. The van der Waals surface area contributed by atoms with Gasteiger partial charge in [0, 0.05) is 17.7 Å². The number of nitrogens with zero attached hydrogens (tertiary/aromatic N) is 2. The molecule has 0 aliphatic carbocycles. The molecule has 1 aliphatic heterocycles. The summed E-state index contributed by atoms with van der Waals surface area (Å²) in [7, 11) is 0. The molecule has 3 aromatic rings. The van der Waals surface area contributed by atoms with Gasteiger partial charge in [0.1, 0.15) is 17.3 Å². The number of hydrogen-bond donors (Lipinski definition) is 0.